The maximum absolute atomic E-state index is 12.4. The summed E-state index contributed by atoms with van der Waals surface area (Å²) in [6, 6.07) is 5.02. The molecule has 138 valence electrons. The highest BCUT2D eigenvalue weighted by molar-refractivity contribution is 5.81. The first-order valence-corrected chi connectivity index (χ1v) is 8.07. The largest absolute Gasteiger partial charge is 0.573 e. The average molecular weight is 358 g/mol. The third-order valence-corrected chi connectivity index (χ3v) is 4.21. The van der Waals surface area contributed by atoms with Crippen molar-refractivity contribution in [3.8, 4) is 5.75 Å². The van der Waals surface area contributed by atoms with Crippen molar-refractivity contribution in [2.24, 2.45) is 5.92 Å². The number of hydrogen-bond donors (Lipinski definition) is 1. The first-order valence-electron chi connectivity index (χ1n) is 8.07. The molecular formula is C17H21F3N2O3. The van der Waals surface area contributed by atoms with Crippen LogP contribution in [-0.2, 0) is 9.59 Å². The Bertz CT molecular complexity index is 617. The Balaban J connectivity index is 1.93. The van der Waals surface area contributed by atoms with Gasteiger partial charge in [0.2, 0.25) is 11.8 Å². The number of hydrogen-bond acceptors (Lipinski definition) is 3. The van der Waals surface area contributed by atoms with Crippen LogP contribution >= 0.6 is 0 Å². The number of halogens is 3. The molecule has 1 fully saturated rings. The molecule has 1 heterocycles. The molecule has 0 aromatic heterocycles. The number of likely N-dealkylation sites (tertiary alicyclic amines) is 1. The van der Waals surface area contributed by atoms with Crippen LogP contribution in [0, 0.1) is 5.92 Å². The van der Waals surface area contributed by atoms with Crippen LogP contribution in [0.3, 0.4) is 0 Å². The van der Waals surface area contributed by atoms with Crippen molar-refractivity contribution >= 4 is 11.8 Å². The molecule has 0 radical (unpaired) electrons. The Hall–Kier alpha value is -2.25. The van der Waals surface area contributed by atoms with E-state index in [1.807, 2.05) is 0 Å². The second kappa shape index (κ2) is 7.76. The number of benzene rings is 1. The van der Waals surface area contributed by atoms with Gasteiger partial charge in [-0.05, 0) is 37.5 Å². The predicted octanol–water partition coefficient (Wildman–Crippen LogP) is 3.02. The molecule has 2 atom stereocenters. The van der Waals surface area contributed by atoms with Crippen molar-refractivity contribution in [3.63, 3.8) is 0 Å². The highest BCUT2D eigenvalue weighted by Gasteiger charge is 2.31. The summed E-state index contributed by atoms with van der Waals surface area (Å²) in [5.74, 6) is -0.785. The van der Waals surface area contributed by atoms with Crippen molar-refractivity contribution in [3.05, 3.63) is 29.8 Å². The molecule has 1 N–H and O–H groups in total. The Morgan fingerprint density at radius 3 is 2.48 bits per heavy atom. The summed E-state index contributed by atoms with van der Waals surface area (Å²) in [6.45, 7) is 4.29. The molecule has 2 amide bonds. The minimum atomic E-state index is -4.73. The van der Waals surface area contributed by atoms with Crippen molar-refractivity contribution in [1.82, 2.24) is 10.2 Å². The van der Waals surface area contributed by atoms with Crippen LogP contribution in [0.2, 0.25) is 0 Å². The van der Waals surface area contributed by atoms with E-state index in [1.165, 1.54) is 31.2 Å². The smallest absolute Gasteiger partial charge is 0.406 e. The lowest BCUT2D eigenvalue weighted by Gasteiger charge is -2.32. The Morgan fingerprint density at radius 1 is 1.28 bits per heavy atom. The number of nitrogens with zero attached hydrogens (tertiary/aromatic N) is 1. The van der Waals surface area contributed by atoms with Crippen LogP contribution < -0.4 is 10.1 Å². The van der Waals surface area contributed by atoms with Crippen LogP contribution in [0.15, 0.2) is 24.3 Å². The standard InChI is InChI=1S/C17H21F3N2O3/c1-11(13-5-7-15(8-6-13)25-17(18,19)20)21-16(24)14-4-3-9-22(10-14)12(2)23/h5-8,11,14H,3-4,9-10H2,1-2H3,(H,21,24). The number of alkyl halides is 3. The molecule has 0 spiro atoms. The molecule has 2 unspecified atom stereocenters. The number of carbonyl (C=O) groups excluding carboxylic acids is 2. The van der Waals surface area contributed by atoms with Crippen LogP contribution in [0.25, 0.3) is 0 Å². The fourth-order valence-corrected chi connectivity index (χ4v) is 2.85. The first-order chi connectivity index (χ1) is 11.7. The van der Waals surface area contributed by atoms with Crippen LogP contribution in [-0.4, -0.2) is 36.2 Å². The number of rotatable bonds is 4. The van der Waals surface area contributed by atoms with Gasteiger partial charge >= 0.3 is 6.36 Å². The SMILES string of the molecule is CC(=O)N1CCCC(C(=O)NC(C)c2ccc(OC(F)(F)F)cc2)C1. The topological polar surface area (TPSA) is 58.6 Å². The van der Waals surface area contributed by atoms with E-state index in [1.54, 1.807) is 11.8 Å². The van der Waals surface area contributed by atoms with Gasteiger partial charge in [-0.2, -0.15) is 0 Å². The molecule has 1 aliphatic rings. The summed E-state index contributed by atoms with van der Waals surface area (Å²) >= 11 is 0. The summed E-state index contributed by atoms with van der Waals surface area (Å²) in [5, 5.41) is 2.85. The van der Waals surface area contributed by atoms with Crippen LogP contribution in [0.4, 0.5) is 13.2 Å². The fourth-order valence-electron chi connectivity index (χ4n) is 2.85. The van der Waals surface area contributed by atoms with Crippen LogP contribution in [0.5, 0.6) is 5.75 Å². The second-order valence-corrected chi connectivity index (χ2v) is 6.15. The molecule has 1 aromatic rings. The summed E-state index contributed by atoms with van der Waals surface area (Å²) in [5.41, 5.74) is 0.669. The monoisotopic (exact) mass is 358 g/mol. The van der Waals surface area contributed by atoms with Crippen molar-refractivity contribution in [2.45, 2.75) is 39.1 Å². The zero-order valence-corrected chi connectivity index (χ0v) is 14.1. The van der Waals surface area contributed by atoms with Crippen molar-refractivity contribution < 1.29 is 27.5 Å². The molecule has 25 heavy (non-hydrogen) atoms. The quantitative estimate of drug-likeness (QED) is 0.900. The first kappa shape index (κ1) is 19.1. The van der Waals surface area contributed by atoms with Gasteiger partial charge in [0.05, 0.1) is 12.0 Å². The lowest BCUT2D eigenvalue weighted by molar-refractivity contribution is -0.274. The van der Waals surface area contributed by atoms with Crippen LogP contribution in [0.1, 0.15) is 38.3 Å². The zero-order valence-electron chi connectivity index (χ0n) is 14.1. The van der Waals surface area contributed by atoms with Gasteiger partial charge in [-0.3, -0.25) is 9.59 Å². The second-order valence-electron chi connectivity index (χ2n) is 6.15. The van der Waals surface area contributed by atoms with Crippen molar-refractivity contribution in [2.75, 3.05) is 13.1 Å². The Morgan fingerprint density at radius 2 is 1.92 bits per heavy atom. The molecule has 1 aliphatic heterocycles. The molecule has 8 heteroatoms. The van der Waals surface area contributed by atoms with Gasteiger partial charge in [0.15, 0.2) is 0 Å². The lowest BCUT2D eigenvalue weighted by atomic mass is 9.96. The highest BCUT2D eigenvalue weighted by Crippen LogP contribution is 2.25. The number of piperidine rings is 1. The molecule has 0 bridgehead atoms. The summed E-state index contributed by atoms with van der Waals surface area (Å²) in [4.78, 5) is 25.5. The van der Waals surface area contributed by atoms with E-state index in [2.05, 4.69) is 10.1 Å². The molecule has 1 aromatic carbocycles. The average Bonchev–Trinajstić information content (AvgIpc) is 2.54. The number of ether oxygens (including phenoxy) is 1. The van der Waals surface area contributed by atoms with Gasteiger partial charge in [-0.15, -0.1) is 13.2 Å². The third kappa shape index (κ3) is 5.65. The Kier molecular flexibility index (Phi) is 5.92. The van der Waals surface area contributed by atoms with E-state index in [0.717, 1.165) is 6.42 Å². The normalized spacial score (nSPS) is 19.2. The number of nitrogens with one attached hydrogen (secondary N) is 1. The maximum Gasteiger partial charge on any atom is 0.573 e. The minimum Gasteiger partial charge on any atom is -0.406 e. The van der Waals surface area contributed by atoms with E-state index in [4.69, 9.17) is 0 Å². The van der Waals surface area contributed by atoms with Gasteiger partial charge in [0.25, 0.3) is 0 Å². The van der Waals surface area contributed by atoms with Gasteiger partial charge < -0.3 is 15.0 Å². The molecular weight excluding hydrogens is 337 g/mol. The van der Waals surface area contributed by atoms with Crippen molar-refractivity contribution in [1.29, 1.82) is 0 Å². The van der Waals surface area contributed by atoms with E-state index in [0.29, 0.717) is 25.1 Å². The van der Waals surface area contributed by atoms with E-state index >= 15 is 0 Å². The van der Waals surface area contributed by atoms with Gasteiger partial charge in [-0.1, -0.05) is 12.1 Å². The molecule has 0 aliphatic carbocycles. The molecule has 1 saturated heterocycles. The fraction of sp³-hybridized carbons (Fsp3) is 0.529. The van der Waals surface area contributed by atoms with E-state index in [-0.39, 0.29) is 29.5 Å². The van der Waals surface area contributed by atoms with Gasteiger partial charge in [0, 0.05) is 20.0 Å². The number of amides is 2. The predicted molar refractivity (Wildman–Crippen MR) is 84.7 cm³/mol. The third-order valence-electron chi connectivity index (χ3n) is 4.21. The zero-order chi connectivity index (χ0) is 18.6. The Labute approximate surface area is 144 Å². The lowest BCUT2D eigenvalue weighted by Crippen LogP contribution is -2.45. The molecule has 0 saturated carbocycles. The minimum absolute atomic E-state index is 0.0502. The maximum atomic E-state index is 12.4. The molecule has 2 rings (SSSR count). The van der Waals surface area contributed by atoms with Gasteiger partial charge in [0.1, 0.15) is 5.75 Å². The highest BCUT2D eigenvalue weighted by atomic mass is 19.4. The van der Waals surface area contributed by atoms with Gasteiger partial charge in [-0.25, -0.2) is 0 Å². The summed E-state index contributed by atoms with van der Waals surface area (Å²) in [6.07, 6.45) is -3.25. The van der Waals surface area contributed by atoms with E-state index in [9.17, 15) is 22.8 Å². The number of carbonyl (C=O) groups is 2. The molecule has 5 nitrogen and oxygen atoms in total. The summed E-state index contributed by atoms with van der Waals surface area (Å²) < 4.78 is 40.3. The summed E-state index contributed by atoms with van der Waals surface area (Å²) in [7, 11) is 0. The van der Waals surface area contributed by atoms with E-state index < -0.39 is 6.36 Å².